The molecule has 0 atom stereocenters. The molecular weight excluding hydrogens is 729 g/mol. The lowest BCUT2D eigenvalue weighted by molar-refractivity contribution is 1.30. The predicted molar refractivity (Wildman–Crippen MR) is 255 cm³/mol. The van der Waals surface area contributed by atoms with E-state index in [-0.39, 0.29) is 0 Å². The standard InChI is InChI=1S/C56H38N4/c1-35-17-15-27-43-51-47(57(37-19-7-3-8-20-37)38-21-9-4-10-22-38)31-29-41-45-34-50-46(33-49(45)59(53(35)43)55(41)51)42-30-32-48(52-44-28-16-18-36(2)54(44)60(50)56(42)52)58(39-23-11-5-12-24-39)40-25-13-6-14-26-40/h3-34H,1-2H3. The molecule has 0 aliphatic heterocycles. The maximum absolute atomic E-state index is 2.57. The van der Waals surface area contributed by atoms with Crippen molar-refractivity contribution in [3.63, 3.8) is 0 Å². The van der Waals surface area contributed by atoms with E-state index < -0.39 is 0 Å². The third-order valence-electron chi connectivity index (χ3n) is 12.9. The van der Waals surface area contributed by atoms with Crippen molar-refractivity contribution in [2.75, 3.05) is 9.80 Å². The molecular formula is C56H38N4. The molecule has 9 aromatic carbocycles. The summed E-state index contributed by atoms with van der Waals surface area (Å²) in [5, 5.41) is 10.1. The summed E-state index contributed by atoms with van der Waals surface area (Å²) in [6, 6.07) is 71.1. The number of anilines is 6. The summed E-state index contributed by atoms with van der Waals surface area (Å²) in [6.45, 7) is 4.52. The van der Waals surface area contributed by atoms with Gasteiger partial charge in [-0.25, -0.2) is 0 Å². The molecule has 0 aliphatic rings. The predicted octanol–water partition coefficient (Wildman–Crippen LogP) is 15.5. The van der Waals surface area contributed by atoms with Crippen LogP contribution in [-0.4, -0.2) is 8.80 Å². The summed E-state index contributed by atoms with van der Waals surface area (Å²) < 4.78 is 5.13. The zero-order valence-electron chi connectivity index (χ0n) is 33.3. The van der Waals surface area contributed by atoms with E-state index in [1.165, 1.54) is 98.7 Å². The van der Waals surface area contributed by atoms with Gasteiger partial charge in [0.1, 0.15) is 0 Å². The molecule has 0 fully saturated rings. The molecule has 0 radical (unpaired) electrons. The quantitative estimate of drug-likeness (QED) is 0.167. The van der Waals surface area contributed by atoms with E-state index in [9.17, 15) is 0 Å². The van der Waals surface area contributed by atoms with Gasteiger partial charge in [-0.3, -0.25) is 0 Å². The van der Waals surface area contributed by atoms with Crippen LogP contribution in [0.2, 0.25) is 0 Å². The highest BCUT2D eigenvalue weighted by molar-refractivity contribution is 6.32. The lowest BCUT2D eigenvalue weighted by Crippen LogP contribution is -2.10. The van der Waals surface area contributed by atoms with Crippen LogP contribution in [0.1, 0.15) is 11.1 Å². The molecule has 13 rings (SSSR count). The Labute approximate surface area is 346 Å². The minimum atomic E-state index is 1.13. The third-order valence-corrected chi connectivity index (χ3v) is 12.9. The summed E-state index contributed by atoms with van der Waals surface area (Å²) in [5.41, 5.74) is 17.0. The van der Waals surface area contributed by atoms with E-state index in [1.807, 2.05) is 0 Å². The largest absolute Gasteiger partial charge is 0.310 e. The van der Waals surface area contributed by atoms with Gasteiger partial charge in [0.05, 0.1) is 44.5 Å². The first kappa shape index (κ1) is 33.2. The van der Waals surface area contributed by atoms with Gasteiger partial charge in [0.25, 0.3) is 0 Å². The Hall–Kier alpha value is -7.82. The Kier molecular flexibility index (Phi) is 6.83. The number of para-hydroxylation sites is 6. The van der Waals surface area contributed by atoms with E-state index in [0.29, 0.717) is 0 Å². The van der Waals surface area contributed by atoms with Gasteiger partial charge in [-0.2, -0.15) is 0 Å². The van der Waals surface area contributed by atoms with Crippen LogP contribution in [0, 0.1) is 13.8 Å². The highest BCUT2D eigenvalue weighted by Crippen LogP contribution is 2.51. The summed E-state index contributed by atoms with van der Waals surface area (Å²) in [6.07, 6.45) is 0. The molecule has 0 saturated carbocycles. The lowest BCUT2D eigenvalue weighted by atomic mass is 10.0. The second kappa shape index (κ2) is 12.3. The Morgan fingerprint density at radius 2 is 0.650 bits per heavy atom. The topological polar surface area (TPSA) is 15.3 Å². The summed E-state index contributed by atoms with van der Waals surface area (Å²) >= 11 is 0. The number of benzene rings is 9. The van der Waals surface area contributed by atoms with Crippen molar-refractivity contribution in [1.29, 1.82) is 0 Å². The molecule has 0 aliphatic carbocycles. The maximum atomic E-state index is 2.57. The van der Waals surface area contributed by atoms with Crippen molar-refractivity contribution in [3.05, 3.63) is 205 Å². The Morgan fingerprint density at radius 3 is 1.00 bits per heavy atom. The fourth-order valence-corrected chi connectivity index (χ4v) is 10.5. The fraction of sp³-hybridized carbons (Fsp3) is 0.0357. The Balaban J connectivity index is 1.16. The normalized spacial score (nSPS) is 12.2. The molecule has 0 N–H and O–H groups in total. The number of fused-ring (bicyclic) bond motifs is 12. The molecule has 4 heteroatoms. The average Bonchev–Trinajstić information content (AvgIpc) is 4.02. The molecule has 4 aromatic heterocycles. The van der Waals surface area contributed by atoms with Crippen molar-refractivity contribution in [1.82, 2.24) is 8.80 Å². The van der Waals surface area contributed by atoms with Crippen LogP contribution in [0.25, 0.3) is 76.2 Å². The van der Waals surface area contributed by atoms with Crippen LogP contribution in [0.4, 0.5) is 34.1 Å². The zero-order chi connectivity index (χ0) is 39.6. The highest BCUT2D eigenvalue weighted by atomic mass is 15.2. The second-order valence-electron chi connectivity index (χ2n) is 16.2. The first-order valence-corrected chi connectivity index (χ1v) is 20.8. The van der Waals surface area contributed by atoms with Crippen LogP contribution in [0.15, 0.2) is 194 Å². The zero-order valence-corrected chi connectivity index (χ0v) is 33.3. The van der Waals surface area contributed by atoms with Gasteiger partial charge in [0.15, 0.2) is 0 Å². The van der Waals surface area contributed by atoms with Crippen molar-refractivity contribution >= 4 is 110 Å². The minimum Gasteiger partial charge on any atom is -0.310 e. The summed E-state index contributed by atoms with van der Waals surface area (Å²) in [7, 11) is 0. The van der Waals surface area contributed by atoms with E-state index >= 15 is 0 Å². The molecule has 0 amide bonds. The smallest absolute Gasteiger partial charge is 0.0641 e. The number of aryl methyl sites for hydroxylation is 2. The van der Waals surface area contributed by atoms with Crippen molar-refractivity contribution in [3.8, 4) is 0 Å². The van der Waals surface area contributed by atoms with E-state index in [1.54, 1.807) is 0 Å². The molecule has 4 nitrogen and oxygen atoms in total. The molecule has 60 heavy (non-hydrogen) atoms. The maximum Gasteiger partial charge on any atom is 0.0641 e. The molecule has 0 unspecified atom stereocenters. The van der Waals surface area contributed by atoms with Gasteiger partial charge in [-0.15, -0.1) is 0 Å². The molecule has 4 heterocycles. The number of hydrogen-bond donors (Lipinski definition) is 0. The van der Waals surface area contributed by atoms with Gasteiger partial charge in [-0.05, 0) is 97.8 Å². The first-order valence-electron chi connectivity index (χ1n) is 20.8. The summed E-state index contributed by atoms with van der Waals surface area (Å²) in [5.74, 6) is 0. The monoisotopic (exact) mass is 766 g/mol. The fourth-order valence-electron chi connectivity index (χ4n) is 10.5. The van der Waals surface area contributed by atoms with Crippen molar-refractivity contribution < 1.29 is 0 Å². The van der Waals surface area contributed by atoms with Gasteiger partial charge in [-0.1, -0.05) is 121 Å². The summed E-state index contributed by atoms with van der Waals surface area (Å²) in [4.78, 5) is 4.84. The average molecular weight is 767 g/mol. The van der Waals surface area contributed by atoms with Crippen molar-refractivity contribution in [2.24, 2.45) is 0 Å². The molecule has 282 valence electrons. The van der Waals surface area contributed by atoms with Crippen molar-refractivity contribution in [2.45, 2.75) is 13.8 Å². The Morgan fingerprint density at radius 1 is 0.300 bits per heavy atom. The van der Waals surface area contributed by atoms with Gasteiger partial charge in [0, 0.05) is 65.8 Å². The first-order chi connectivity index (χ1) is 29.7. The van der Waals surface area contributed by atoms with Crippen LogP contribution in [-0.2, 0) is 0 Å². The van der Waals surface area contributed by atoms with Crippen LogP contribution < -0.4 is 9.80 Å². The van der Waals surface area contributed by atoms with E-state index in [2.05, 4.69) is 227 Å². The highest BCUT2D eigenvalue weighted by Gasteiger charge is 2.28. The van der Waals surface area contributed by atoms with E-state index in [4.69, 9.17) is 0 Å². The second-order valence-corrected chi connectivity index (χ2v) is 16.2. The van der Waals surface area contributed by atoms with Crippen LogP contribution >= 0.6 is 0 Å². The third kappa shape index (κ3) is 4.39. The number of hydrogen-bond acceptors (Lipinski definition) is 2. The number of rotatable bonds is 6. The number of aromatic nitrogens is 2. The van der Waals surface area contributed by atoms with E-state index in [0.717, 1.165) is 22.7 Å². The van der Waals surface area contributed by atoms with Gasteiger partial charge < -0.3 is 18.6 Å². The van der Waals surface area contributed by atoms with Gasteiger partial charge in [0.2, 0.25) is 0 Å². The number of nitrogens with zero attached hydrogens (tertiary/aromatic N) is 4. The van der Waals surface area contributed by atoms with Crippen LogP contribution in [0.3, 0.4) is 0 Å². The lowest BCUT2D eigenvalue weighted by Gasteiger charge is -2.26. The minimum absolute atomic E-state index is 1.13. The molecule has 0 spiro atoms. The van der Waals surface area contributed by atoms with Gasteiger partial charge >= 0.3 is 0 Å². The molecule has 0 bridgehead atoms. The molecule has 0 saturated heterocycles. The Bertz CT molecular complexity index is 3440. The van der Waals surface area contributed by atoms with Crippen LogP contribution in [0.5, 0.6) is 0 Å². The SMILES string of the molecule is Cc1cccc2c3c(N(c4ccccc4)c4ccccc4)ccc4c5cc6c(cc5n(c12)c43)c1ccc(N(c2ccccc2)c2ccccc2)c2c3cccc(C)c3n6c12. The molecule has 13 aromatic rings.